The van der Waals surface area contributed by atoms with Crippen molar-refractivity contribution in [2.24, 2.45) is 0 Å². The number of aromatic nitrogens is 2. The molecular weight excluding hydrogens is 407 g/mol. The van der Waals surface area contributed by atoms with Crippen molar-refractivity contribution >= 4 is 40.5 Å². The molecule has 0 atom stereocenters. The highest BCUT2D eigenvalue weighted by molar-refractivity contribution is 6.34. The van der Waals surface area contributed by atoms with Crippen molar-refractivity contribution in [2.45, 2.75) is 13.5 Å². The van der Waals surface area contributed by atoms with Crippen LogP contribution in [0, 0.1) is 10.1 Å². The summed E-state index contributed by atoms with van der Waals surface area (Å²) < 4.78 is 7.08. The number of carbonyl (C=O) groups is 1. The highest BCUT2D eigenvalue weighted by Crippen LogP contribution is 2.30. The molecule has 1 amide bonds. The number of nitrogens with zero attached hydrogens (tertiary/aromatic N) is 3. The van der Waals surface area contributed by atoms with E-state index >= 15 is 0 Å². The molecule has 0 aliphatic carbocycles. The van der Waals surface area contributed by atoms with E-state index in [4.69, 9.17) is 27.9 Å². The summed E-state index contributed by atoms with van der Waals surface area (Å²) in [7, 11) is 0. The Morgan fingerprint density at radius 1 is 1.21 bits per heavy atom. The summed E-state index contributed by atoms with van der Waals surface area (Å²) in [6.07, 6.45) is 1.36. The molecule has 2 aromatic carbocycles. The Hall–Kier alpha value is -3.10. The van der Waals surface area contributed by atoms with Crippen LogP contribution in [0.3, 0.4) is 0 Å². The van der Waals surface area contributed by atoms with Gasteiger partial charge in [0.2, 0.25) is 0 Å². The maximum absolute atomic E-state index is 12.6. The molecule has 144 valence electrons. The number of nitro groups is 1. The summed E-state index contributed by atoms with van der Waals surface area (Å²) >= 11 is 11.9. The predicted octanol–water partition coefficient (Wildman–Crippen LogP) is 5.16. The third-order valence-electron chi connectivity index (χ3n) is 3.72. The molecule has 0 saturated carbocycles. The average molecular weight is 421 g/mol. The van der Waals surface area contributed by atoms with E-state index in [-0.39, 0.29) is 27.8 Å². The van der Waals surface area contributed by atoms with Crippen LogP contribution in [0.25, 0.3) is 0 Å². The lowest BCUT2D eigenvalue weighted by molar-refractivity contribution is -0.384. The van der Waals surface area contributed by atoms with E-state index in [2.05, 4.69) is 10.4 Å². The first kappa shape index (κ1) is 19.7. The van der Waals surface area contributed by atoms with Gasteiger partial charge in [-0.05, 0) is 31.2 Å². The fourth-order valence-corrected chi connectivity index (χ4v) is 2.83. The number of non-ortho nitro benzene ring substituents is 1. The fraction of sp³-hybridized carbons (Fsp3) is 0.111. The lowest BCUT2D eigenvalue weighted by Gasteiger charge is -2.10. The number of anilines is 1. The molecule has 0 aliphatic rings. The summed E-state index contributed by atoms with van der Waals surface area (Å²) in [5, 5.41) is 18.6. The molecule has 0 fully saturated rings. The van der Waals surface area contributed by atoms with Crippen molar-refractivity contribution in [2.75, 3.05) is 5.32 Å². The molecule has 0 unspecified atom stereocenters. The van der Waals surface area contributed by atoms with Gasteiger partial charge in [0.1, 0.15) is 17.2 Å². The first-order valence-electron chi connectivity index (χ1n) is 8.13. The second-order valence-electron chi connectivity index (χ2n) is 5.64. The van der Waals surface area contributed by atoms with E-state index in [0.717, 1.165) is 0 Å². The molecular formula is C18H14Cl2N4O4. The molecule has 8 nitrogen and oxygen atoms in total. The zero-order valence-corrected chi connectivity index (χ0v) is 16.1. The van der Waals surface area contributed by atoms with E-state index in [1.165, 1.54) is 29.1 Å². The smallest absolute Gasteiger partial charge is 0.275 e. The molecule has 3 rings (SSSR count). The van der Waals surface area contributed by atoms with Crippen LogP contribution >= 0.6 is 23.2 Å². The monoisotopic (exact) mass is 420 g/mol. The minimum absolute atomic E-state index is 0.163. The quantitative estimate of drug-likeness (QED) is 0.438. The third kappa shape index (κ3) is 4.41. The Bertz CT molecular complexity index is 1030. The van der Waals surface area contributed by atoms with Gasteiger partial charge in [-0.25, -0.2) is 0 Å². The van der Waals surface area contributed by atoms with Crippen molar-refractivity contribution in [3.05, 3.63) is 74.5 Å². The van der Waals surface area contributed by atoms with Gasteiger partial charge in [0.15, 0.2) is 0 Å². The van der Waals surface area contributed by atoms with Crippen LogP contribution in [0.15, 0.2) is 48.7 Å². The second-order valence-corrected chi connectivity index (χ2v) is 6.48. The van der Waals surface area contributed by atoms with E-state index in [1.54, 1.807) is 24.3 Å². The number of nitrogens with one attached hydrogen (secondary N) is 1. The first-order valence-corrected chi connectivity index (χ1v) is 8.88. The molecule has 0 radical (unpaired) electrons. The van der Waals surface area contributed by atoms with Gasteiger partial charge in [-0.3, -0.25) is 19.6 Å². The van der Waals surface area contributed by atoms with Crippen LogP contribution in [0.2, 0.25) is 10.0 Å². The number of carbonyl (C=O) groups excluding carboxylic acids is 1. The van der Waals surface area contributed by atoms with Crippen LogP contribution in [0.5, 0.6) is 11.5 Å². The number of halogens is 2. The van der Waals surface area contributed by atoms with E-state index in [0.29, 0.717) is 17.3 Å². The Morgan fingerprint density at radius 3 is 2.57 bits per heavy atom. The Balaban J connectivity index is 1.90. The van der Waals surface area contributed by atoms with Crippen LogP contribution in [0.4, 0.5) is 11.4 Å². The van der Waals surface area contributed by atoms with Gasteiger partial charge < -0.3 is 10.1 Å². The van der Waals surface area contributed by atoms with Gasteiger partial charge in [0, 0.05) is 23.7 Å². The van der Waals surface area contributed by atoms with Crippen LogP contribution in [0.1, 0.15) is 17.4 Å². The first-order chi connectivity index (χ1) is 13.4. The Kier molecular flexibility index (Phi) is 5.81. The SMILES string of the molecule is CCn1ncc(Cl)c1C(=O)Nc1cc(Oc2ccc(Cl)cc2)cc([N+](=O)[O-])c1. The molecule has 0 spiro atoms. The van der Waals surface area contributed by atoms with Crippen LogP contribution in [-0.4, -0.2) is 20.6 Å². The number of benzene rings is 2. The zero-order chi connectivity index (χ0) is 20.3. The summed E-state index contributed by atoms with van der Waals surface area (Å²) in [6, 6.07) is 10.5. The molecule has 1 aromatic heterocycles. The van der Waals surface area contributed by atoms with Crippen molar-refractivity contribution in [1.82, 2.24) is 9.78 Å². The van der Waals surface area contributed by atoms with Crippen LogP contribution < -0.4 is 10.1 Å². The van der Waals surface area contributed by atoms with E-state index < -0.39 is 10.8 Å². The normalized spacial score (nSPS) is 10.5. The summed E-state index contributed by atoms with van der Waals surface area (Å²) in [5.74, 6) is 0.0819. The fourth-order valence-electron chi connectivity index (χ4n) is 2.48. The standard InChI is InChI=1S/C18H14Cl2N4O4/c1-2-23-17(16(20)10-21-23)18(25)22-12-7-13(24(26)27)9-15(8-12)28-14-5-3-11(19)4-6-14/h3-10H,2H2,1H3,(H,22,25). The molecule has 28 heavy (non-hydrogen) atoms. The molecule has 0 bridgehead atoms. The summed E-state index contributed by atoms with van der Waals surface area (Å²) in [5.41, 5.74) is 0.107. The van der Waals surface area contributed by atoms with Crippen LogP contribution in [-0.2, 0) is 6.54 Å². The van der Waals surface area contributed by atoms with Gasteiger partial charge in [-0.2, -0.15) is 5.10 Å². The largest absolute Gasteiger partial charge is 0.457 e. The number of ether oxygens (including phenoxy) is 1. The Morgan fingerprint density at radius 2 is 1.93 bits per heavy atom. The van der Waals surface area contributed by atoms with Gasteiger partial charge in [-0.1, -0.05) is 23.2 Å². The van der Waals surface area contributed by atoms with Gasteiger partial charge in [-0.15, -0.1) is 0 Å². The minimum atomic E-state index is -0.576. The second kappa shape index (κ2) is 8.28. The summed E-state index contributed by atoms with van der Waals surface area (Å²) in [6.45, 7) is 2.25. The number of nitro benzene ring substituents is 1. The van der Waals surface area contributed by atoms with Crippen molar-refractivity contribution < 1.29 is 14.5 Å². The topological polar surface area (TPSA) is 99.3 Å². The molecule has 1 heterocycles. The summed E-state index contributed by atoms with van der Waals surface area (Å²) in [4.78, 5) is 23.3. The Labute approximate surface area is 169 Å². The maximum atomic E-state index is 12.6. The number of hydrogen-bond acceptors (Lipinski definition) is 5. The molecule has 10 heteroatoms. The number of amides is 1. The highest BCUT2D eigenvalue weighted by atomic mass is 35.5. The van der Waals surface area contributed by atoms with E-state index in [9.17, 15) is 14.9 Å². The number of hydrogen-bond donors (Lipinski definition) is 1. The van der Waals surface area contributed by atoms with Gasteiger partial charge >= 0.3 is 0 Å². The highest BCUT2D eigenvalue weighted by Gasteiger charge is 2.19. The molecule has 0 saturated heterocycles. The lowest BCUT2D eigenvalue weighted by Crippen LogP contribution is -2.18. The van der Waals surface area contributed by atoms with E-state index in [1.807, 2.05) is 6.92 Å². The van der Waals surface area contributed by atoms with Crippen molar-refractivity contribution in [1.29, 1.82) is 0 Å². The van der Waals surface area contributed by atoms with Crippen molar-refractivity contribution in [3.63, 3.8) is 0 Å². The maximum Gasteiger partial charge on any atom is 0.275 e. The van der Waals surface area contributed by atoms with Gasteiger partial charge in [0.05, 0.1) is 27.9 Å². The zero-order valence-electron chi connectivity index (χ0n) is 14.6. The molecule has 3 aromatic rings. The number of rotatable bonds is 6. The van der Waals surface area contributed by atoms with Crippen molar-refractivity contribution in [3.8, 4) is 11.5 Å². The number of aryl methyl sites for hydroxylation is 1. The lowest BCUT2D eigenvalue weighted by atomic mass is 10.2. The average Bonchev–Trinajstić information content (AvgIpc) is 3.04. The van der Waals surface area contributed by atoms with Gasteiger partial charge in [0.25, 0.3) is 11.6 Å². The predicted molar refractivity (Wildman–Crippen MR) is 105 cm³/mol. The molecule has 0 aliphatic heterocycles. The third-order valence-corrected chi connectivity index (χ3v) is 4.25. The minimum Gasteiger partial charge on any atom is -0.457 e. The molecule has 1 N–H and O–H groups in total.